The van der Waals surface area contributed by atoms with Gasteiger partial charge < -0.3 is 10.3 Å². The van der Waals surface area contributed by atoms with E-state index in [2.05, 4.69) is 10.3 Å². The van der Waals surface area contributed by atoms with E-state index < -0.39 is 17.6 Å². The number of nitrogens with zero attached hydrogens (tertiary/aromatic N) is 2. The molecule has 0 atom stereocenters. The molecule has 4 rings (SSSR count). The largest absolute Gasteiger partial charge is 0.355 e. The van der Waals surface area contributed by atoms with Gasteiger partial charge in [0.05, 0.1) is 23.1 Å². The molecular formula is C22H27F3N4O3. The zero-order valence-corrected chi connectivity index (χ0v) is 17.9. The third kappa shape index (κ3) is 4.46. The normalized spacial score (nSPS) is 20.5. The number of aromatic amines is 1. The third-order valence-corrected chi connectivity index (χ3v) is 6.75. The lowest BCUT2D eigenvalue weighted by Crippen LogP contribution is -2.41. The molecule has 2 aromatic rings. The first-order valence-corrected chi connectivity index (χ1v) is 11.0. The number of aromatic nitrogens is 2. The van der Waals surface area contributed by atoms with Crippen LogP contribution in [-0.4, -0.2) is 58.7 Å². The summed E-state index contributed by atoms with van der Waals surface area (Å²) in [6.45, 7) is 1.39. The Morgan fingerprint density at radius 1 is 1.16 bits per heavy atom. The summed E-state index contributed by atoms with van der Waals surface area (Å²) in [4.78, 5) is 41.6. The number of fused-ring (bicyclic) bond motifs is 1. The maximum Gasteiger partial charge on any atom is 0.326 e. The van der Waals surface area contributed by atoms with E-state index in [4.69, 9.17) is 0 Å². The van der Waals surface area contributed by atoms with Crippen LogP contribution >= 0.6 is 0 Å². The predicted molar refractivity (Wildman–Crippen MR) is 113 cm³/mol. The average Bonchev–Trinajstić information content (AvgIpc) is 3.07. The summed E-state index contributed by atoms with van der Waals surface area (Å²) in [7, 11) is 1.40. The number of amides is 1. The molecule has 1 aliphatic carbocycles. The second kappa shape index (κ2) is 8.73. The van der Waals surface area contributed by atoms with Crippen LogP contribution in [0.5, 0.6) is 0 Å². The molecule has 1 saturated carbocycles. The van der Waals surface area contributed by atoms with E-state index in [1.54, 1.807) is 0 Å². The highest BCUT2D eigenvalue weighted by Crippen LogP contribution is 2.36. The van der Waals surface area contributed by atoms with Crippen LogP contribution in [0.25, 0.3) is 11.0 Å². The van der Waals surface area contributed by atoms with E-state index in [0.29, 0.717) is 37.0 Å². The van der Waals surface area contributed by atoms with Crippen molar-refractivity contribution >= 4 is 22.7 Å². The van der Waals surface area contributed by atoms with Crippen molar-refractivity contribution in [2.24, 2.45) is 5.92 Å². The summed E-state index contributed by atoms with van der Waals surface area (Å²) < 4.78 is 42.6. The molecule has 2 fully saturated rings. The highest BCUT2D eigenvalue weighted by Gasteiger charge is 2.37. The number of piperidine rings is 1. The molecule has 32 heavy (non-hydrogen) atoms. The van der Waals surface area contributed by atoms with E-state index in [9.17, 15) is 27.6 Å². The van der Waals surface area contributed by atoms with Crippen molar-refractivity contribution in [3.8, 4) is 0 Å². The first-order chi connectivity index (χ1) is 15.2. The zero-order chi connectivity index (χ0) is 23.0. The van der Waals surface area contributed by atoms with Crippen LogP contribution in [0.1, 0.15) is 54.9 Å². The number of nitrogens with one attached hydrogen (secondary N) is 2. The van der Waals surface area contributed by atoms with Gasteiger partial charge in [0.2, 0.25) is 5.92 Å². The number of hydrogen-bond acceptors (Lipinski definition) is 4. The van der Waals surface area contributed by atoms with Crippen LogP contribution in [0.4, 0.5) is 13.2 Å². The molecule has 1 saturated heterocycles. The standard InChI is InChI=1S/C22H27F3N4O3/c1-26-20(31)15-10-17-18(11-16(15)23)29(21(32)27-17)14-4-8-28(9-5-14)12-19(30)13-2-6-22(24,25)7-3-13/h10-11,13-14H,2-9,12H2,1H3,(H,26,31)(H,27,32). The van der Waals surface area contributed by atoms with Gasteiger partial charge in [-0.1, -0.05) is 0 Å². The van der Waals surface area contributed by atoms with Crippen molar-refractivity contribution in [1.82, 2.24) is 19.8 Å². The number of carbonyl (C=O) groups excluding carboxylic acids is 2. The Balaban J connectivity index is 1.41. The third-order valence-electron chi connectivity index (χ3n) is 6.75. The van der Waals surface area contributed by atoms with E-state index >= 15 is 0 Å². The van der Waals surface area contributed by atoms with E-state index in [1.807, 2.05) is 4.90 Å². The van der Waals surface area contributed by atoms with Crippen molar-refractivity contribution in [3.05, 3.63) is 34.0 Å². The Bertz CT molecular complexity index is 1080. The summed E-state index contributed by atoms with van der Waals surface area (Å²) in [5.74, 6) is -4.22. The van der Waals surface area contributed by atoms with Gasteiger partial charge in [-0.15, -0.1) is 0 Å². The quantitative estimate of drug-likeness (QED) is 0.731. The topological polar surface area (TPSA) is 87.2 Å². The second-order valence-corrected chi connectivity index (χ2v) is 8.83. The molecule has 1 aliphatic heterocycles. The molecule has 7 nitrogen and oxygen atoms in total. The molecular weight excluding hydrogens is 425 g/mol. The van der Waals surface area contributed by atoms with Crippen LogP contribution in [0.15, 0.2) is 16.9 Å². The monoisotopic (exact) mass is 452 g/mol. The molecule has 2 aliphatic rings. The molecule has 0 bridgehead atoms. The average molecular weight is 452 g/mol. The smallest absolute Gasteiger partial charge is 0.326 e. The van der Waals surface area contributed by atoms with Crippen molar-refractivity contribution in [2.75, 3.05) is 26.7 Å². The molecule has 0 unspecified atom stereocenters. The summed E-state index contributed by atoms with van der Waals surface area (Å²) in [5, 5.41) is 2.37. The van der Waals surface area contributed by atoms with Crippen LogP contribution in [0.2, 0.25) is 0 Å². The van der Waals surface area contributed by atoms with E-state index in [1.165, 1.54) is 23.7 Å². The number of H-pyrrole nitrogens is 1. The molecule has 1 aromatic heterocycles. The lowest BCUT2D eigenvalue weighted by atomic mass is 9.84. The predicted octanol–water partition coefficient (Wildman–Crippen LogP) is 2.86. The number of ketones is 1. The minimum Gasteiger partial charge on any atom is -0.355 e. The van der Waals surface area contributed by atoms with Gasteiger partial charge in [-0.2, -0.15) is 0 Å². The number of halogens is 3. The Kier molecular flexibility index (Phi) is 6.15. The van der Waals surface area contributed by atoms with Gasteiger partial charge in [0.25, 0.3) is 5.91 Å². The van der Waals surface area contributed by atoms with Gasteiger partial charge >= 0.3 is 5.69 Å². The highest BCUT2D eigenvalue weighted by atomic mass is 19.3. The summed E-state index contributed by atoms with van der Waals surface area (Å²) in [6, 6.07) is 2.37. The van der Waals surface area contributed by atoms with Crippen molar-refractivity contribution in [3.63, 3.8) is 0 Å². The fourth-order valence-corrected chi connectivity index (χ4v) is 4.87. The van der Waals surface area contributed by atoms with Gasteiger partial charge in [0.15, 0.2) is 0 Å². The highest BCUT2D eigenvalue weighted by molar-refractivity contribution is 5.97. The fraction of sp³-hybridized carbons (Fsp3) is 0.591. The zero-order valence-electron chi connectivity index (χ0n) is 17.9. The molecule has 2 N–H and O–H groups in total. The molecule has 0 radical (unpaired) electrons. The minimum absolute atomic E-state index is 0.00649. The molecule has 0 spiro atoms. The fourth-order valence-electron chi connectivity index (χ4n) is 4.87. The SMILES string of the molecule is CNC(=O)c1cc2[nH]c(=O)n(C3CCN(CC(=O)C4CCC(F)(F)CC4)CC3)c2cc1F. The lowest BCUT2D eigenvalue weighted by Gasteiger charge is -2.34. The second-order valence-electron chi connectivity index (χ2n) is 8.83. The Labute approximate surface area is 183 Å². The van der Waals surface area contributed by atoms with Crippen molar-refractivity contribution in [1.29, 1.82) is 0 Å². The molecule has 1 amide bonds. The van der Waals surface area contributed by atoms with E-state index in [-0.39, 0.29) is 61.2 Å². The van der Waals surface area contributed by atoms with Crippen LogP contribution < -0.4 is 11.0 Å². The molecule has 1 aromatic carbocycles. The Morgan fingerprint density at radius 2 is 1.81 bits per heavy atom. The van der Waals surface area contributed by atoms with Crippen LogP contribution in [0.3, 0.4) is 0 Å². The molecule has 2 heterocycles. The maximum atomic E-state index is 14.5. The number of benzene rings is 1. The Morgan fingerprint density at radius 3 is 2.44 bits per heavy atom. The summed E-state index contributed by atoms with van der Waals surface area (Å²) >= 11 is 0. The summed E-state index contributed by atoms with van der Waals surface area (Å²) in [5.41, 5.74) is 0.285. The first-order valence-electron chi connectivity index (χ1n) is 11.0. The van der Waals surface area contributed by atoms with Gasteiger partial charge in [-0.05, 0) is 31.7 Å². The molecule has 10 heteroatoms. The number of carbonyl (C=O) groups is 2. The number of Topliss-reactive ketones (excluding diaryl/α,β-unsaturated/α-hetero) is 1. The first kappa shape index (κ1) is 22.6. The van der Waals surface area contributed by atoms with E-state index in [0.717, 1.165) is 0 Å². The number of imidazole rings is 1. The van der Waals surface area contributed by atoms with Crippen LogP contribution in [0, 0.1) is 11.7 Å². The number of likely N-dealkylation sites (tertiary alicyclic amines) is 1. The van der Waals surface area contributed by atoms with Gasteiger partial charge in [0, 0.05) is 51.0 Å². The Hall–Kier alpha value is -2.62. The number of alkyl halides is 2. The summed E-state index contributed by atoms with van der Waals surface area (Å²) in [6.07, 6.45) is 1.21. The van der Waals surface area contributed by atoms with Crippen molar-refractivity contribution in [2.45, 2.75) is 50.5 Å². The van der Waals surface area contributed by atoms with Gasteiger partial charge in [0.1, 0.15) is 11.6 Å². The lowest BCUT2D eigenvalue weighted by molar-refractivity contribution is -0.128. The number of rotatable bonds is 5. The number of hydrogen-bond donors (Lipinski definition) is 2. The van der Waals surface area contributed by atoms with Crippen molar-refractivity contribution < 1.29 is 22.8 Å². The minimum atomic E-state index is -2.65. The van der Waals surface area contributed by atoms with Gasteiger partial charge in [-0.25, -0.2) is 18.0 Å². The molecule has 174 valence electrons. The maximum absolute atomic E-state index is 14.5. The van der Waals surface area contributed by atoms with Gasteiger partial charge in [-0.3, -0.25) is 19.1 Å². The van der Waals surface area contributed by atoms with Crippen LogP contribution in [-0.2, 0) is 4.79 Å².